The number of amides is 1. The number of likely N-dealkylation sites (N-methyl/N-ethyl adjacent to an activating group) is 1. The van der Waals surface area contributed by atoms with Crippen LogP contribution in [0.4, 0.5) is 5.69 Å². The molecule has 0 atom stereocenters. The molecule has 96 valence electrons. The van der Waals surface area contributed by atoms with Crippen molar-refractivity contribution in [2.24, 2.45) is 10.2 Å². The molecule has 0 aliphatic rings. The zero-order chi connectivity index (χ0) is 13.7. The third-order valence-corrected chi connectivity index (χ3v) is 2.78. The average Bonchev–Trinajstić information content (AvgIpc) is 2.33. The number of aliphatic hydroxyl groups excluding tert-OH is 1. The highest BCUT2D eigenvalue weighted by molar-refractivity contribution is 6.43. The van der Waals surface area contributed by atoms with Gasteiger partial charge in [0.15, 0.2) is 5.70 Å². The quantitative estimate of drug-likeness (QED) is 0.506. The predicted molar refractivity (Wildman–Crippen MR) is 70.4 cm³/mol. The Hall–Kier alpha value is -1.59. The smallest absolute Gasteiger partial charge is 0.275 e. The van der Waals surface area contributed by atoms with Crippen LogP contribution in [-0.4, -0.2) is 18.1 Å². The topological polar surface area (TPSA) is 74.0 Å². The molecule has 18 heavy (non-hydrogen) atoms. The van der Waals surface area contributed by atoms with Crippen molar-refractivity contribution in [3.05, 3.63) is 39.7 Å². The zero-order valence-electron chi connectivity index (χ0n) is 9.74. The molecule has 0 radical (unpaired) electrons. The number of allylic oxidation sites excluding steroid dienone is 1. The number of nitrogens with one attached hydrogen (secondary N) is 1. The Bertz CT molecular complexity index is 523. The minimum atomic E-state index is -0.545. The van der Waals surface area contributed by atoms with Crippen molar-refractivity contribution < 1.29 is 9.90 Å². The van der Waals surface area contributed by atoms with Crippen molar-refractivity contribution in [1.82, 2.24) is 5.32 Å². The molecular weight excluding hydrogens is 277 g/mol. The van der Waals surface area contributed by atoms with Gasteiger partial charge in [-0.3, -0.25) is 4.79 Å². The lowest BCUT2D eigenvalue weighted by Crippen LogP contribution is -2.20. The molecule has 0 saturated heterocycles. The highest BCUT2D eigenvalue weighted by Gasteiger charge is 2.11. The van der Waals surface area contributed by atoms with E-state index in [0.717, 1.165) is 0 Å². The van der Waals surface area contributed by atoms with Crippen LogP contribution in [0.15, 0.2) is 39.9 Å². The second-order valence-electron chi connectivity index (χ2n) is 3.29. The minimum Gasteiger partial charge on any atom is -0.510 e. The van der Waals surface area contributed by atoms with Crippen molar-refractivity contribution in [3.63, 3.8) is 0 Å². The molecule has 0 bridgehead atoms. The molecule has 0 fully saturated rings. The number of benzene rings is 1. The summed E-state index contributed by atoms with van der Waals surface area (Å²) >= 11 is 11.7. The minimum absolute atomic E-state index is 0.187. The number of carbonyl (C=O) groups excluding carboxylic acids is 1. The van der Waals surface area contributed by atoms with E-state index in [2.05, 4.69) is 15.5 Å². The van der Waals surface area contributed by atoms with Gasteiger partial charge in [-0.1, -0.05) is 29.3 Å². The number of carbonyl (C=O) groups is 1. The van der Waals surface area contributed by atoms with Gasteiger partial charge in [0.2, 0.25) is 0 Å². The number of azo groups is 1. The summed E-state index contributed by atoms with van der Waals surface area (Å²) < 4.78 is 0. The third-order valence-electron chi connectivity index (χ3n) is 1.97. The van der Waals surface area contributed by atoms with Crippen LogP contribution in [0.5, 0.6) is 0 Å². The van der Waals surface area contributed by atoms with Crippen LogP contribution < -0.4 is 5.32 Å². The molecule has 0 aliphatic carbocycles. The summed E-state index contributed by atoms with van der Waals surface area (Å²) in [7, 11) is 1.42. The molecule has 5 nitrogen and oxygen atoms in total. The van der Waals surface area contributed by atoms with Gasteiger partial charge in [0.05, 0.1) is 10.0 Å². The van der Waals surface area contributed by atoms with Gasteiger partial charge < -0.3 is 10.4 Å². The van der Waals surface area contributed by atoms with Crippen molar-refractivity contribution >= 4 is 34.8 Å². The van der Waals surface area contributed by atoms with Gasteiger partial charge in [-0.25, -0.2) is 0 Å². The summed E-state index contributed by atoms with van der Waals surface area (Å²) in [6, 6.07) is 4.85. The van der Waals surface area contributed by atoms with Crippen molar-refractivity contribution in [1.29, 1.82) is 0 Å². The Labute approximate surface area is 114 Å². The van der Waals surface area contributed by atoms with Crippen molar-refractivity contribution in [2.45, 2.75) is 6.92 Å². The maximum Gasteiger partial charge on any atom is 0.275 e. The molecule has 1 aromatic carbocycles. The van der Waals surface area contributed by atoms with Crippen LogP contribution in [0, 0.1) is 0 Å². The molecule has 0 saturated carbocycles. The van der Waals surface area contributed by atoms with Gasteiger partial charge in [-0.15, -0.1) is 10.2 Å². The first-order chi connectivity index (χ1) is 8.47. The SMILES string of the molecule is CNC(=O)C(N=Nc1cccc(Cl)c1Cl)=C(C)O. The molecule has 1 rings (SSSR count). The number of halogens is 2. The summed E-state index contributed by atoms with van der Waals surface area (Å²) in [5.74, 6) is -0.784. The van der Waals surface area contributed by atoms with Crippen LogP contribution in [0.3, 0.4) is 0 Å². The highest BCUT2D eigenvalue weighted by Crippen LogP contribution is 2.32. The highest BCUT2D eigenvalue weighted by atomic mass is 35.5. The predicted octanol–water partition coefficient (Wildman–Crippen LogP) is 3.61. The fourth-order valence-electron chi connectivity index (χ4n) is 1.07. The molecule has 0 aromatic heterocycles. The van der Waals surface area contributed by atoms with Gasteiger partial charge in [0, 0.05) is 7.05 Å². The van der Waals surface area contributed by atoms with E-state index < -0.39 is 5.91 Å². The number of aliphatic hydroxyl groups is 1. The summed E-state index contributed by atoms with van der Waals surface area (Å²) in [5, 5.41) is 19.7. The fourth-order valence-corrected chi connectivity index (χ4v) is 1.41. The van der Waals surface area contributed by atoms with Crippen LogP contribution in [-0.2, 0) is 4.79 Å². The lowest BCUT2D eigenvalue weighted by Gasteiger charge is -2.01. The lowest BCUT2D eigenvalue weighted by molar-refractivity contribution is -0.117. The van der Waals surface area contributed by atoms with E-state index in [4.69, 9.17) is 23.2 Å². The second kappa shape index (κ2) is 6.37. The number of hydrogen-bond donors (Lipinski definition) is 2. The first-order valence-corrected chi connectivity index (χ1v) is 5.70. The molecule has 7 heteroatoms. The van der Waals surface area contributed by atoms with E-state index in [1.54, 1.807) is 18.2 Å². The first kappa shape index (κ1) is 14.5. The van der Waals surface area contributed by atoms with Crippen LogP contribution >= 0.6 is 23.2 Å². The van der Waals surface area contributed by atoms with Gasteiger partial charge in [0.1, 0.15) is 11.4 Å². The normalized spacial score (nSPS) is 12.4. The van der Waals surface area contributed by atoms with Crippen molar-refractivity contribution in [3.8, 4) is 0 Å². The van der Waals surface area contributed by atoms with E-state index in [-0.39, 0.29) is 16.5 Å². The molecule has 0 spiro atoms. The molecule has 2 N–H and O–H groups in total. The van der Waals surface area contributed by atoms with E-state index in [1.807, 2.05) is 0 Å². The zero-order valence-corrected chi connectivity index (χ0v) is 11.2. The molecule has 0 aliphatic heterocycles. The molecule has 1 aromatic rings. The Morgan fingerprint density at radius 1 is 1.39 bits per heavy atom. The van der Waals surface area contributed by atoms with E-state index >= 15 is 0 Å². The Morgan fingerprint density at radius 2 is 2.06 bits per heavy atom. The van der Waals surface area contributed by atoms with Gasteiger partial charge >= 0.3 is 0 Å². The summed E-state index contributed by atoms with van der Waals surface area (Å²) in [5.41, 5.74) is 0.125. The van der Waals surface area contributed by atoms with E-state index in [9.17, 15) is 9.90 Å². The maximum atomic E-state index is 11.4. The summed E-state index contributed by atoms with van der Waals surface area (Å²) in [6.07, 6.45) is 0. The molecule has 1 amide bonds. The Balaban J connectivity index is 3.09. The number of rotatable bonds is 3. The van der Waals surface area contributed by atoms with Crippen molar-refractivity contribution in [2.75, 3.05) is 7.05 Å². The largest absolute Gasteiger partial charge is 0.510 e. The molecule has 0 heterocycles. The lowest BCUT2D eigenvalue weighted by atomic mass is 10.3. The van der Waals surface area contributed by atoms with E-state index in [0.29, 0.717) is 10.7 Å². The number of nitrogens with zero attached hydrogens (tertiary/aromatic N) is 2. The summed E-state index contributed by atoms with van der Waals surface area (Å²) in [6.45, 7) is 1.34. The van der Waals surface area contributed by atoms with Crippen LogP contribution in [0.2, 0.25) is 10.0 Å². The second-order valence-corrected chi connectivity index (χ2v) is 4.07. The monoisotopic (exact) mass is 287 g/mol. The van der Waals surface area contributed by atoms with Gasteiger partial charge in [-0.05, 0) is 19.1 Å². The molecular formula is C11H11Cl2N3O2. The number of hydrogen-bond acceptors (Lipinski definition) is 4. The van der Waals surface area contributed by atoms with Crippen LogP contribution in [0.25, 0.3) is 0 Å². The van der Waals surface area contributed by atoms with E-state index in [1.165, 1.54) is 14.0 Å². The van der Waals surface area contributed by atoms with Gasteiger partial charge in [0.25, 0.3) is 5.91 Å². The Kier molecular flexibility index (Phi) is 5.12. The third kappa shape index (κ3) is 3.45. The molecule has 0 unspecified atom stereocenters. The first-order valence-electron chi connectivity index (χ1n) is 4.95. The fraction of sp³-hybridized carbons (Fsp3) is 0.182. The van der Waals surface area contributed by atoms with Crippen LogP contribution in [0.1, 0.15) is 6.92 Å². The summed E-state index contributed by atoms with van der Waals surface area (Å²) in [4.78, 5) is 11.4. The van der Waals surface area contributed by atoms with Gasteiger partial charge in [-0.2, -0.15) is 0 Å². The average molecular weight is 288 g/mol. The standard InChI is InChI=1S/C11H11Cl2N3O2/c1-6(17)10(11(18)14-2)16-15-8-5-3-4-7(12)9(8)13/h3-5,17H,1-2H3,(H,14,18). The Morgan fingerprint density at radius 3 is 2.61 bits per heavy atom. The maximum absolute atomic E-state index is 11.4.